The molecule has 0 fully saturated rings. The summed E-state index contributed by atoms with van der Waals surface area (Å²) in [6.45, 7) is 1.61. The van der Waals surface area contributed by atoms with Gasteiger partial charge in [0, 0.05) is 19.8 Å². The third-order valence-corrected chi connectivity index (χ3v) is 19.3. The molecule has 0 spiro atoms. The van der Waals surface area contributed by atoms with Crippen LogP contribution in [0.25, 0.3) is 0 Å². The van der Waals surface area contributed by atoms with Crippen molar-refractivity contribution >= 4 is 59.7 Å². The van der Waals surface area contributed by atoms with E-state index in [-0.39, 0.29) is 17.7 Å². The minimum Gasteiger partial charge on any atom is -0.508 e. The quantitative estimate of drug-likeness (QED) is 0.0281. The molecule has 0 heterocycles. The Morgan fingerprint density at radius 2 is 0.638 bits per heavy atom. The number of phenolic OH excluding ortho intramolecular Hbond substituents is 1. The minimum atomic E-state index is -0.942. The number of benzene rings is 12. The molecule has 536 valence electrons. The van der Waals surface area contributed by atoms with Crippen LogP contribution < -0.4 is 33.2 Å². The summed E-state index contributed by atoms with van der Waals surface area (Å²) in [5, 5.41) is 10.7. The third kappa shape index (κ3) is 20.2. The van der Waals surface area contributed by atoms with E-state index in [0.717, 1.165) is 110 Å². The van der Waals surface area contributed by atoms with Crippen LogP contribution in [-0.2, 0) is 68.5 Å². The predicted molar refractivity (Wildman–Crippen MR) is 418 cm³/mol. The molecule has 0 radical (unpaired) electrons. The van der Waals surface area contributed by atoms with E-state index >= 15 is 0 Å². The van der Waals surface area contributed by atoms with Gasteiger partial charge in [-0.25, -0.2) is 9.59 Å². The summed E-state index contributed by atoms with van der Waals surface area (Å²) in [6.07, 6.45) is 0. The second-order valence-corrected chi connectivity index (χ2v) is 26.1. The standard InChI is InChI=1S/C44H39BrO7.C28H26O4.C16H14Br2O3/c1-47-38-19-15-36(16-20-38)44(35-12-5-4-6-13-35,37-17-21-39(48-2)22-18-37)52-29-32-10-8-14-40(26-32)51-30-34-27-41(23-24-42(34)45)50-28-31-9-7-11-33(25-31)43(46)49-3;1-30-26-15-11-23(12-16-26)28(22-8-4-3-5-9-22,24-13-17-27(31-2)18-14-24)32-20-21-7-6-10-25(29)19-21;1-20-16(19)12-4-2-3-11(7-12)10-21-14-5-6-15(18)13(8-14)9-17/h4-27H,28-30H2,1-3H3;3-19,29H,20H2,1-2H3;2-8H,9-10H2,1H3. The van der Waals surface area contributed by atoms with Gasteiger partial charge >= 0.3 is 11.9 Å². The predicted octanol–water partition coefficient (Wildman–Crippen LogP) is 20.5. The highest BCUT2D eigenvalue weighted by molar-refractivity contribution is 9.11. The highest BCUT2D eigenvalue weighted by Crippen LogP contribution is 2.45. The lowest BCUT2D eigenvalue weighted by Gasteiger charge is -2.36. The zero-order valence-electron chi connectivity index (χ0n) is 58.8. The van der Waals surface area contributed by atoms with E-state index in [4.69, 9.17) is 52.1 Å². The van der Waals surface area contributed by atoms with E-state index in [1.807, 2.05) is 231 Å². The Balaban J connectivity index is 0.000000188. The van der Waals surface area contributed by atoms with Gasteiger partial charge in [-0.2, -0.15) is 0 Å². The van der Waals surface area contributed by atoms with Gasteiger partial charge in [-0.3, -0.25) is 0 Å². The number of rotatable bonds is 28. The van der Waals surface area contributed by atoms with Crippen molar-refractivity contribution in [2.24, 2.45) is 0 Å². The summed E-state index contributed by atoms with van der Waals surface area (Å²) in [7, 11) is 9.37. The van der Waals surface area contributed by atoms with Crippen molar-refractivity contribution < 1.29 is 66.8 Å². The Kier molecular flexibility index (Phi) is 28.0. The molecule has 0 amide bonds. The maximum absolute atomic E-state index is 11.9. The number of hydrogen-bond acceptors (Lipinski definition) is 14. The normalized spacial score (nSPS) is 10.9. The van der Waals surface area contributed by atoms with Gasteiger partial charge in [0.15, 0.2) is 0 Å². The summed E-state index contributed by atoms with van der Waals surface area (Å²) in [5.74, 6) is 4.74. The van der Waals surface area contributed by atoms with Gasteiger partial charge in [-0.15, -0.1) is 0 Å². The summed E-state index contributed by atoms with van der Waals surface area (Å²) in [5.41, 5.74) is 10.7. The zero-order chi connectivity index (χ0) is 74.0. The van der Waals surface area contributed by atoms with Crippen LogP contribution in [0.1, 0.15) is 87.5 Å². The molecule has 12 aromatic rings. The molecular weight excluding hydrogens is 1520 g/mol. The molecule has 0 atom stereocenters. The number of carbonyl (C=O) groups excluding carboxylic acids is 2. The molecule has 17 heteroatoms. The van der Waals surface area contributed by atoms with Crippen LogP contribution in [0.3, 0.4) is 0 Å². The first-order valence-electron chi connectivity index (χ1n) is 33.4. The van der Waals surface area contributed by atoms with Crippen LogP contribution in [-0.4, -0.2) is 59.7 Å². The largest absolute Gasteiger partial charge is 0.508 e. The molecule has 12 rings (SSSR count). The number of phenols is 1. The zero-order valence-corrected chi connectivity index (χ0v) is 63.6. The Morgan fingerprint density at radius 3 is 1.02 bits per heavy atom. The number of halogens is 3. The Morgan fingerprint density at radius 1 is 0.314 bits per heavy atom. The molecule has 12 aromatic carbocycles. The number of methoxy groups -OCH3 is 6. The summed E-state index contributed by atoms with van der Waals surface area (Å²) >= 11 is 10.6. The van der Waals surface area contributed by atoms with Crippen LogP contribution in [0.4, 0.5) is 0 Å². The molecule has 0 aromatic heterocycles. The average molecular weight is 1600 g/mol. The van der Waals surface area contributed by atoms with Gasteiger partial charge in [0.25, 0.3) is 0 Å². The number of hydrogen-bond donors (Lipinski definition) is 1. The molecule has 14 nitrogen and oxygen atoms in total. The van der Waals surface area contributed by atoms with Crippen LogP contribution in [0.2, 0.25) is 0 Å². The van der Waals surface area contributed by atoms with E-state index < -0.39 is 11.2 Å². The van der Waals surface area contributed by atoms with E-state index in [1.54, 1.807) is 64.8 Å². The fourth-order valence-corrected chi connectivity index (χ4v) is 13.3. The molecule has 0 bridgehead atoms. The molecule has 0 aliphatic heterocycles. The highest BCUT2D eigenvalue weighted by atomic mass is 79.9. The van der Waals surface area contributed by atoms with Crippen molar-refractivity contribution in [1.82, 2.24) is 0 Å². The molecule has 105 heavy (non-hydrogen) atoms. The molecule has 0 saturated heterocycles. The lowest BCUT2D eigenvalue weighted by molar-refractivity contribution is 0.0000437. The Labute approximate surface area is 638 Å². The lowest BCUT2D eigenvalue weighted by atomic mass is 9.80. The molecule has 0 aliphatic rings. The average Bonchev–Trinajstić information content (AvgIpc) is 0.759. The van der Waals surface area contributed by atoms with Crippen LogP contribution >= 0.6 is 47.8 Å². The molecular formula is C88H79Br3O14. The summed E-state index contributed by atoms with van der Waals surface area (Å²) in [4.78, 5) is 23.4. The Bertz CT molecular complexity index is 4660. The van der Waals surface area contributed by atoms with Crippen LogP contribution in [0.5, 0.6) is 46.0 Å². The first-order valence-corrected chi connectivity index (χ1v) is 36.1. The van der Waals surface area contributed by atoms with Crippen LogP contribution in [0, 0.1) is 0 Å². The monoisotopic (exact) mass is 1600 g/mol. The van der Waals surface area contributed by atoms with E-state index in [1.165, 1.54) is 14.2 Å². The Hall–Kier alpha value is -10.7. The first-order chi connectivity index (χ1) is 51.2. The van der Waals surface area contributed by atoms with Crippen molar-refractivity contribution in [3.63, 3.8) is 0 Å². The van der Waals surface area contributed by atoms with Crippen molar-refractivity contribution in [2.75, 3.05) is 42.7 Å². The van der Waals surface area contributed by atoms with Crippen molar-refractivity contribution in [3.8, 4) is 46.0 Å². The van der Waals surface area contributed by atoms with Crippen molar-refractivity contribution in [1.29, 1.82) is 0 Å². The van der Waals surface area contributed by atoms with Gasteiger partial charge in [-0.05, 0) is 195 Å². The molecule has 0 saturated carbocycles. The maximum atomic E-state index is 11.9. The van der Waals surface area contributed by atoms with Gasteiger partial charge in [-0.1, -0.05) is 206 Å². The van der Waals surface area contributed by atoms with E-state index in [9.17, 15) is 14.7 Å². The molecule has 0 unspecified atom stereocenters. The SMILES string of the molecule is COC(=O)c1cccc(COc2ccc(Br)c(CBr)c2)c1.COC(=O)c1cccc(COc2ccc(Br)c(COc3cccc(COC(c4ccccc4)(c4ccc(OC)cc4)c4ccc(OC)cc4)c3)c2)c1.COc1ccc(C(OCc2cccc(O)c2)(c2ccccc2)c2ccc(OC)cc2)cc1. The summed E-state index contributed by atoms with van der Waals surface area (Å²) in [6, 6.07) is 93.3. The van der Waals surface area contributed by atoms with E-state index in [0.29, 0.717) is 55.7 Å². The van der Waals surface area contributed by atoms with Crippen molar-refractivity contribution in [3.05, 3.63) is 378 Å². The van der Waals surface area contributed by atoms with E-state index in [2.05, 4.69) is 72.1 Å². The lowest BCUT2D eigenvalue weighted by Crippen LogP contribution is -2.32. The van der Waals surface area contributed by atoms with Gasteiger partial charge in [0.05, 0.1) is 67.0 Å². The smallest absolute Gasteiger partial charge is 0.337 e. The highest BCUT2D eigenvalue weighted by Gasteiger charge is 2.39. The molecule has 0 aliphatic carbocycles. The number of carbonyl (C=O) groups is 2. The van der Waals surface area contributed by atoms with Gasteiger partial charge in [0.2, 0.25) is 0 Å². The second-order valence-electron chi connectivity index (χ2n) is 23.8. The molecule has 1 N–H and O–H groups in total. The topological polar surface area (TPSA) is 156 Å². The van der Waals surface area contributed by atoms with Gasteiger partial charge in [0.1, 0.15) is 77.0 Å². The fraction of sp³-hybridized carbons (Fsp3) is 0.159. The number of ether oxygens (including phenoxy) is 11. The van der Waals surface area contributed by atoms with Crippen LogP contribution in [0.15, 0.2) is 300 Å². The fourth-order valence-electron chi connectivity index (χ4n) is 11.7. The third-order valence-electron chi connectivity index (χ3n) is 17.1. The first kappa shape index (κ1) is 77.0. The van der Waals surface area contributed by atoms with Crippen molar-refractivity contribution in [2.45, 2.75) is 49.6 Å². The van der Waals surface area contributed by atoms with Gasteiger partial charge < -0.3 is 57.2 Å². The maximum Gasteiger partial charge on any atom is 0.337 e. The summed E-state index contributed by atoms with van der Waals surface area (Å²) < 4.78 is 65.2. The number of aromatic hydroxyl groups is 1. The number of esters is 2. The minimum absolute atomic E-state index is 0.213. The number of alkyl halides is 1. The second kappa shape index (κ2) is 38.2.